The molecule has 3 N–H and O–H groups in total. The van der Waals surface area contributed by atoms with Crippen molar-refractivity contribution in [3.8, 4) is 0 Å². The van der Waals surface area contributed by atoms with E-state index in [1.54, 1.807) is 13.8 Å². The van der Waals surface area contributed by atoms with Crippen molar-refractivity contribution in [3.63, 3.8) is 0 Å². The van der Waals surface area contributed by atoms with Crippen molar-refractivity contribution in [1.82, 2.24) is 9.71 Å². The van der Waals surface area contributed by atoms with E-state index in [2.05, 4.69) is 9.71 Å². The van der Waals surface area contributed by atoms with Gasteiger partial charge in [-0.25, -0.2) is 17.8 Å². The summed E-state index contributed by atoms with van der Waals surface area (Å²) in [6.07, 6.45) is 1.49. The maximum Gasteiger partial charge on any atom is 0.243 e. The van der Waals surface area contributed by atoms with E-state index in [9.17, 15) is 12.8 Å². The number of hydrogen-bond donors (Lipinski definition) is 2. The molecule has 2 rings (SSSR count). The minimum atomic E-state index is -3.89. The summed E-state index contributed by atoms with van der Waals surface area (Å²) in [4.78, 5) is 3.76. The molecule has 1 unspecified atom stereocenters. The fourth-order valence-electron chi connectivity index (χ4n) is 1.68. The lowest BCUT2D eigenvalue weighted by atomic mass is 10.3. The van der Waals surface area contributed by atoms with Crippen LogP contribution >= 0.6 is 0 Å². The van der Waals surface area contributed by atoms with Crippen LogP contribution in [0, 0.1) is 12.7 Å². The molecular formula is C12H14FN3O3S. The molecule has 0 fully saturated rings. The van der Waals surface area contributed by atoms with Gasteiger partial charge in [0.2, 0.25) is 15.9 Å². The second-order valence-electron chi connectivity index (χ2n) is 4.33. The summed E-state index contributed by atoms with van der Waals surface area (Å²) in [6.45, 7) is 3.29. The topological polar surface area (TPSA) is 98.2 Å². The van der Waals surface area contributed by atoms with Gasteiger partial charge in [0.25, 0.3) is 0 Å². The molecule has 0 radical (unpaired) electrons. The average molecular weight is 299 g/mol. The van der Waals surface area contributed by atoms with Crippen molar-refractivity contribution in [2.75, 3.05) is 5.73 Å². The Morgan fingerprint density at radius 2 is 2.15 bits per heavy atom. The van der Waals surface area contributed by atoms with Gasteiger partial charge in [-0.1, -0.05) is 0 Å². The molecule has 20 heavy (non-hydrogen) atoms. The van der Waals surface area contributed by atoms with Crippen LogP contribution in [0.1, 0.15) is 24.6 Å². The summed E-state index contributed by atoms with van der Waals surface area (Å²) in [6, 6.07) is 2.43. The molecule has 0 saturated carbocycles. The summed E-state index contributed by atoms with van der Waals surface area (Å²) in [5.41, 5.74) is 5.37. The third-order valence-electron chi connectivity index (χ3n) is 2.60. The lowest BCUT2D eigenvalue weighted by Gasteiger charge is -2.12. The molecule has 0 bridgehead atoms. The largest absolute Gasteiger partial charge is 0.444 e. The molecule has 0 spiro atoms. The Bertz CT molecular complexity index is 727. The highest BCUT2D eigenvalue weighted by Crippen LogP contribution is 2.22. The maximum atomic E-state index is 12.9. The summed E-state index contributed by atoms with van der Waals surface area (Å²) >= 11 is 0. The first-order valence-corrected chi connectivity index (χ1v) is 7.27. The normalized spacial score (nSPS) is 13.3. The summed E-state index contributed by atoms with van der Waals surface area (Å²) in [7, 11) is -3.89. The minimum absolute atomic E-state index is 0.159. The Balaban J connectivity index is 2.27. The quantitative estimate of drug-likeness (QED) is 0.838. The predicted octanol–water partition coefficient (Wildman–Crippen LogP) is 1.74. The highest BCUT2D eigenvalue weighted by Gasteiger charge is 2.23. The molecule has 0 aliphatic heterocycles. The molecule has 8 heteroatoms. The minimum Gasteiger partial charge on any atom is -0.444 e. The van der Waals surface area contributed by atoms with Crippen molar-refractivity contribution >= 4 is 15.7 Å². The van der Waals surface area contributed by atoms with Crippen LogP contribution in [-0.2, 0) is 10.0 Å². The summed E-state index contributed by atoms with van der Waals surface area (Å²) in [5.74, 6) is 0.219. The molecule has 6 nitrogen and oxygen atoms in total. The highest BCUT2D eigenvalue weighted by atomic mass is 32.2. The Hall–Kier alpha value is -1.93. The first-order valence-electron chi connectivity index (χ1n) is 5.79. The first-order chi connectivity index (χ1) is 9.29. The number of halogens is 1. The molecule has 1 atom stereocenters. The van der Waals surface area contributed by atoms with E-state index in [0.29, 0.717) is 5.76 Å². The monoisotopic (exact) mass is 299 g/mol. The molecule has 0 aliphatic carbocycles. The lowest BCUT2D eigenvalue weighted by Crippen LogP contribution is -2.27. The van der Waals surface area contributed by atoms with Crippen LogP contribution in [0.5, 0.6) is 0 Å². The summed E-state index contributed by atoms with van der Waals surface area (Å²) < 4.78 is 44.9. The van der Waals surface area contributed by atoms with E-state index < -0.39 is 21.9 Å². The van der Waals surface area contributed by atoms with Crippen LogP contribution in [-0.4, -0.2) is 13.4 Å². The zero-order valence-electron chi connectivity index (χ0n) is 10.9. The van der Waals surface area contributed by atoms with Crippen molar-refractivity contribution in [2.24, 2.45) is 0 Å². The van der Waals surface area contributed by atoms with Gasteiger partial charge in [0.1, 0.15) is 16.5 Å². The highest BCUT2D eigenvalue weighted by molar-refractivity contribution is 7.89. The van der Waals surface area contributed by atoms with Crippen molar-refractivity contribution < 1.29 is 17.2 Å². The van der Waals surface area contributed by atoms with Gasteiger partial charge in [-0.2, -0.15) is 4.72 Å². The fraction of sp³-hybridized carbons (Fsp3) is 0.250. The molecule has 1 aromatic heterocycles. The molecule has 1 heterocycles. The van der Waals surface area contributed by atoms with Crippen LogP contribution in [0.25, 0.3) is 0 Å². The van der Waals surface area contributed by atoms with E-state index in [-0.39, 0.29) is 16.5 Å². The number of nitrogens with one attached hydrogen (secondary N) is 1. The first kappa shape index (κ1) is 14.5. The van der Waals surface area contributed by atoms with Crippen molar-refractivity contribution in [1.29, 1.82) is 0 Å². The van der Waals surface area contributed by atoms with Gasteiger partial charge in [-0.3, -0.25) is 0 Å². The van der Waals surface area contributed by atoms with E-state index in [0.717, 1.165) is 18.2 Å². The molecule has 0 saturated heterocycles. The van der Waals surface area contributed by atoms with Gasteiger partial charge in [-0.05, 0) is 32.0 Å². The Labute approximate surface area is 115 Å². The number of aryl methyl sites for hydroxylation is 1. The molecule has 2 aromatic rings. The third-order valence-corrected chi connectivity index (χ3v) is 4.22. The standard InChI is InChI=1S/C12H14FN3O3S/c1-7-6-15-12(19-7)8(2)16-20(17,18)11-4-3-9(13)5-10(11)14/h3-6,8,16H,14H2,1-2H3. The number of nitrogens with zero attached hydrogens (tertiary/aromatic N) is 1. The number of hydrogen-bond acceptors (Lipinski definition) is 5. The Morgan fingerprint density at radius 1 is 1.45 bits per heavy atom. The predicted molar refractivity (Wildman–Crippen MR) is 70.8 cm³/mol. The fourth-order valence-corrected chi connectivity index (χ4v) is 2.99. The molecule has 0 amide bonds. The number of oxazole rings is 1. The van der Waals surface area contributed by atoms with Gasteiger partial charge >= 0.3 is 0 Å². The van der Waals surface area contributed by atoms with Gasteiger partial charge in [0, 0.05) is 0 Å². The van der Waals surface area contributed by atoms with E-state index in [4.69, 9.17) is 10.2 Å². The van der Waals surface area contributed by atoms with E-state index in [1.807, 2.05) is 0 Å². The number of benzene rings is 1. The van der Waals surface area contributed by atoms with Gasteiger partial charge in [0.15, 0.2) is 0 Å². The SMILES string of the molecule is Cc1cnc(C(C)NS(=O)(=O)c2ccc(F)cc2N)o1. The maximum absolute atomic E-state index is 12.9. The number of anilines is 1. The number of sulfonamides is 1. The van der Waals surface area contributed by atoms with Crippen LogP contribution in [0.15, 0.2) is 33.7 Å². The second-order valence-corrected chi connectivity index (χ2v) is 6.02. The molecule has 0 aliphatic rings. The molecular weight excluding hydrogens is 285 g/mol. The Kier molecular flexibility index (Phi) is 3.78. The molecule has 108 valence electrons. The van der Waals surface area contributed by atoms with Crippen LogP contribution in [0.3, 0.4) is 0 Å². The third kappa shape index (κ3) is 2.97. The smallest absolute Gasteiger partial charge is 0.243 e. The van der Waals surface area contributed by atoms with Crippen LogP contribution < -0.4 is 10.5 Å². The second kappa shape index (κ2) is 5.22. The number of nitrogen functional groups attached to an aromatic ring is 1. The van der Waals surface area contributed by atoms with Crippen LogP contribution in [0.2, 0.25) is 0 Å². The van der Waals surface area contributed by atoms with Gasteiger partial charge < -0.3 is 10.2 Å². The van der Waals surface area contributed by atoms with E-state index in [1.165, 1.54) is 6.20 Å². The zero-order valence-corrected chi connectivity index (χ0v) is 11.7. The van der Waals surface area contributed by atoms with Crippen molar-refractivity contribution in [2.45, 2.75) is 24.8 Å². The van der Waals surface area contributed by atoms with E-state index >= 15 is 0 Å². The number of nitrogens with two attached hydrogens (primary N) is 1. The number of aromatic nitrogens is 1. The lowest BCUT2D eigenvalue weighted by molar-refractivity contribution is 0.428. The zero-order chi connectivity index (χ0) is 14.9. The van der Waals surface area contributed by atoms with Crippen molar-refractivity contribution in [3.05, 3.63) is 41.9 Å². The Morgan fingerprint density at radius 3 is 2.70 bits per heavy atom. The number of rotatable bonds is 4. The van der Waals surface area contributed by atoms with Gasteiger partial charge in [-0.15, -0.1) is 0 Å². The average Bonchev–Trinajstić information content (AvgIpc) is 2.74. The molecule has 1 aromatic carbocycles. The summed E-state index contributed by atoms with van der Waals surface area (Å²) in [5, 5.41) is 0. The van der Waals surface area contributed by atoms with Gasteiger partial charge in [0.05, 0.1) is 17.9 Å². The van der Waals surface area contributed by atoms with Crippen LogP contribution in [0.4, 0.5) is 10.1 Å².